The van der Waals surface area contributed by atoms with Crippen molar-refractivity contribution in [2.45, 2.75) is 33.5 Å². The highest BCUT2D eigenvalue weighted by Crippen LogP contribution is 2.22. The van der Waals surface area contributed by atoms with E-state index in [2.05, 4.69) is 0 Å². The van der Waals surface area contributed by atoms with E-state index in [1.54, 1.807) is 13.2 Å². The minimum Gasteiger partial charge on any atom is -0.496 e. The highest BCUT2D eigenvalue weighted by Gasteiger charge is 2.18. The average molecular weight is 266 g/mol. The standard InChI is InChI=1S/C15H22O4/c1-5-18-15(19-6-2)10-13(16)12-9-11(3)7-8-14(12)17-4/h7-9,15H,5-6,10H2,1-4H3. The van der Waals surface area contributed by atoms with Crippen molar-refractivity contribution >= 4 is 5.78 Å². The first-order valence-electron chi connectivity index (χ1n) is 6.53. The van der Waals surface area contributed by atoms with Gasteiger partial charge in [-0.05, 0) is 32.9 Å². The second-order valence-electron chi connectivity index (χ2n) is 4.17. The van der Waals surface area contributed by atoms with Crippen LogP contribution in [0.15, 0.2) is 18.2 Å². The molecule has 0 radical (unpaired) electrons. The molecule has 0 atom stereocenters. The van der Waals surface area contributed by atoms with Gasteiger partial charge in [0.25, 0.3) is 0 Å². The molecule has 0 saturated carbocycles. The topological polar surface area (TPSA) is 44.8 Å². The summed E-state index contributed by atoms with van der Waals surface area (Å²) in [4.78, 5) is 12.3. The van der Waals surface area contributed by atoms with Crippen LogP contribution in [0.4, 0.5) is 0 Å². The lowest BCUT2D eigenvalue weighted by atomic mass is 10.0. The highest BCUT2D eigenvalue weighted by molar-refractivity contribution is 5.99. The van der Waals surface area contributed by atoms with Gasteiger partial charge in [-0.25, -0.2) is 0 Å². The van der Waals surface area contributed by atoms with E-state index in [-0.39, 0.29) is 12.2 Å². The van der Waals surface area contributed by atoms with Crippen LogP contribution >= 0.6 is 0 Å². The molecule has 0 aromatic heterocycles. The summed E-state index contributed by atoms with van der Waals surface area (Å²) in [5.74, 6) is 0.551. The van der Waals surface area contributed by atoms with Crippen molar-refractivity contribution in [3.63, 3.8) is 0 Å². The fourth-order valence-electron chi connectivity index (χ4n) is 1.84. The number of Topliss-reactive ketones (excluding diaryl/α,β-unsaturated/α-hetero) is 1. The number of ether oxygens (including phenoxy) is 3. The van der Waals surface area contributed by atoms with Crippen LogP contribution in [-0.4, -0.2) is 32.4 Å². The van der Waals surface area contributed by atoms with Gasteiger partial charge in [-0.1, -0.05) is 11.6 Å². The van der Waals surface area contributed by atoms with E-state index in [0.717, 1.165) is 5.56 Å². The molecule has 106 valence electrons. The van der Waals surface area contributed by atoms with Gasteiger partial charge in [0.15, 0.2) is 12.1 Å². The van der Waals surface area contributed by atoms with Gasteiger partial charge in [0, 0.05) is 13.2 Å². The Balaban J connectivity index is 2.83. The van der Waals surface area contributed by atoms with Gasteiger partial charge in [0.05, 0.1) is 19.1 Å². The number of carbonyl (C=O) groups is 1. The summed E-state index contributed by atoms with van der Waals surface area (Å²) in [7, 11) is 1.56. The zero-order chi connectivity index (χ0) is 14.3. The molecule has 0 aliphatic rings. The molecule has 1 aromatic carbocycles. The van der Waals surface area contributed by atoms with Gasteiger partial charge >= 0.3 is 0 Å². The number of hydrogen-bond acceptors (Lipinski definition) is 4. The van der Waals surface area contributed by atoms with Crippen LogP contribution in [0.1, 0.15) is 36.2 Å². The zero-order valence-electron chi connectivity index (χ0n) is 12.1. The third-order valence-corrected chi connectivity index (χ3v) is 2.71. The quantitative estimate of drug-likeness (QED) is 0.536. The minimum atomic E-state index is -0.493. The number of rotatable bonds is 8. The third kappa shape index (κ3) is 4.65. The van der Waals surface area contributed by atoms with Crippen LogP contribution in [0.5, 0.6) is 5.75 Å². The van der Waals surface area contributed by atoms with E-state index < -0.39 is 6.29 Å². The first-order chi connectivity index (χ1) is 9.12. The van der Waals surface area contributed by atoms with Gasteiger partial charge in [-0.3, -0.25) is 4.79 Å². The number of aryl methyl sites for hydroxylation is 1. The Morgan fingerprint density at radius 1 is 1.21 bits per heavy atom. The van der Waals surface area contributed by atoms with Crippen LogP contribution < -0.4 is 4.74 Å². The SMILES string of the molecule is CCOC(CC(=O)c1cc(C)ccc1OC)OCC. The van der Waals surface area contributed by atoms with Gasteiger partial charge < -0.3 is 14.2 Å². The summed E-state index contributed by atoms with van der Waals surface area (Å²) in [5, 5.41) is 0. The van der Waals surface area contributed by atoms with E-state index >= 15 is 0 Å². The molecule has 4 nitrogen and oxygen atoms in total. The van der Waals surface area contributed by atoms with E-state index in [4.69, 9.17) is 14.2 Å². The van der Waals surface area contributed by atoms with Crippen LogP contribution in [0, 0.1) is 6.92 Å². The molecule has 0 N–H and O–H groups in total. The van der Waals surface area contributed by atoms with Crippen molar-refractivity contribution < 1.29 is 19.0 Å². The van der Waals surface area contributed by atoms with Gasteiger partial charge in [0.2, 0.25) is 0 Å². The van der Waals surface area contributed by atoms with Crippen molar-refractivity contribution in [3.05, 3.63) is 29.3 Å². The Morgan fingerprint density at radius 2 is 1.84 bits per heavy atom. The predicted octanol–water partition coefficient (Wildman–Crippen LogP) is 2.98. The predicted molar refractivity (Wildman–Crippen MR) is 73.7 cm³/mol. The lowest BCUT2D eigenvalue weighted by molar-refractivity contribution is -0.133. The monoisotopic (exact) mass is 266 g/mol. The highest BCUT2D eigenvalue weighted by atomic mass is 16.7. The van der Waals surface area contributed by atoms with E-state index in [0.29, 0.717) is 24.5 Å². The number of ketones is 1. The molecule has 0 heterocycles. The summed E-state index contributed by atoms with van der Waals surface area (Å²) in [6, 6.07) is 5.55. The third-order valence-electron chi connectivity index (χ3n) is 2.71. The summed E-state index contributed by atoms with van der Waals surface area (Å²) < 4.78 is 16.0. The molecule has 0 amide bonds. The molecule has 1 aromatic rings. The molecule has 1 rings (SSSR count). The molecule has 0 bridgehead atoms. The van der Waals surface area contributed by atoms with Crippen LogP contribution in [0.25, 0.3) is 0 Å². The fourth-order valence-corrected chi connectivity index (χ4v) is 1.84. The van der Waals surface area contributed by atoms with E-state index in [1.165, 1.54) is 0 Å². The fraction of sp³-hybridized carbons (Fsp3) is 0.533. The molecular formula is C15H22O4. The first-order valence-corrected chi connectivity index (χ1v) is 6.53. The molecular weight excluding hydrogens is 244 g/mol. The van der Waals surface area contributed by atoms with Gasteiger partial charge in [-0.2, -0.15) is 0 Å². The summed E-state index contributed by atoms with van der Waals surface area (Å²) in [6.07, 6.45) is -0.297. The zero-order valence-corrected chi connectivity index (χ0v) is 12.1. The lowest BCUT2D eigenvalue weighted by Gasteiger charge is -2.17. The molecule has 0 aliphatic heterocycles. The molecule has 4 heteroatoms. The Morgan fingerprint density at radius 3 is 2.37 bits per heavy atom. The molecule has 19 heavy (non-hydrogen) atoms. The summed E-state index contributed by atoms with van der Waals surface area (Å²) in [6.45, 7) is 6.73. The van der Waals surface area contributed by atoms with Crippen molar-refractivity contribution in [1.82, 2.24) is 0 Å². The van der Waals surface area contributed by atoms with Gasteiger partial charge in [0.1, 0.15) is 5.75 Å². The Hall–Kier alpha value is -1.39. The Bertz CT molecular complexity index is 409. The lowest BCUT2D eigenvalue weighted by Crippen LogP contribution is -2.21. The van der Waals surface area contributed by atoms with E-state index in [1.807, 2.05) is 32.9 Å². The molecule has 0 fully saturated rings. The molecule has 0 unspecified atom stereocenters. The smallest absolute Gasteiger partial charge is 0.171 e. The van der Waals surface area contributed by atoms with Crippen LogP contribution in [-0.2, 0) is 9.47 Å². The van der Waals surface area contributed by atoms with Crippen molar-refractivity contribution in [2.75, 3.05) is 20.3 Å². The first kappa shape index (κ1) is 15.7. The Labute approximate surface area is 114 Å². The number of benzene rings is 1. The minimum absolute atomic E-state index is 0.0348. The van der Waals surface area contributed by atoms with Crippen molar-refractivity contribution in [1.29, 1.82) is 0 Å². The molecule has 0 aliphatic carbocycles. The maximum absolute atomic E-state index is 12.3. The van der Waals surface area contributed by atoms with E-state index in [9.17, 15) is 4.79 Å². The second-order valence-corrected chi connectivity index (χ2v) is 4.17. The average Bonchev–Trinajstić information content (AvgIpc) is 2.39. The Kier molecular flexibility index (Phi) is 6.53. The number of hydrogen-bond donors (Lipinski definition) is 0. The maximum atomic E-state index is 12.3. The molecule has 0 saturated heterocycles. The van der Waals surface area contributed by atoms with Crippen molar-refractivity contribution in [2.24, 2.45) is 0 Å². The number of methoxy groups -OCH3 is 1. The normalized spacial score (nSPS) is 10.8. The largest absolute Gasteiger partial charge is 0.496 e. The van der Waals surface area contributed by atoms with Crippen molar-refractivity contribution in [3.8, 4) is 5.75 Å². The maximum Gasteiger partial charge on any atom is 0.171 e. The van der Waals surface area contributed by atoms with Crippen LogP contribution in [0.3, 0.4) is 0 Å². The number of carbonyl (C=O) groups excluding carboxylic acids is 1. The second kappa shape index (κ2) is 7.92. The van der Waals surface area contributed by atoms with Gasteiger partial charge in [-0.15, -0.1) is 0 Å². The summed E-state index contributed by atoms with van der Waals surface area (Å²) in [5.41, 5.74) is 1.60. The molecule has 0 spiro atoms. The van der Waals surface area contributed by atoms with Crippen LogP contribution in [0.2, 0.25) is 0 Å². The summed E-state index contributed by atoms with van der Waals surface area (Å²) >= 11 is 0.